The van der Waals surface area contributed by atoms with Crippen molar-refractivity contribution >= 4 is 22.2 Å². The molecule has 2 aromatic heterocycles. The third-order valence-electron chi connectivity index (χ3n) is 4.07. The van der Waals surface area contributed by atoms with Crippen LogP contribution < -0.4 is 10.9 Å². The molecule has 1 unspecified atom stereocenters. The molecule has 0 bridgehead atoms. The molecule has 0 spiro atoms. The van der Waals surface area contributed by atoms with Crippen molar-refractivity contribution in [2.45, 2.75) is 32.2 Å². The molecule has 6 nitrogen and oxygen atoms in total. The van der Waals surface area contributed by atoms with Gasteiger partial charge in [0.25, 0.3) is 11.5 Å². The largest absolute Gasteiger partial charge is 0.394 e. The van der Waals surface area contributed by atoms with Gasteiger partial charge >= 0.3 is 0 Å². The maximum atomic E-state index is 12.4. The number of amides is 1. The van der Waals surface area contributed by atoms with Gasteiger partial charge in [0, 0.05) is 17.3 Å². The van der Waals surface area contributed by atoms with E-state index in [0.717, 1.165) is 18.5 Å². The topological polar surface area (TPSA) is 83.7 Å². The number of nitrogens with zero attached hydrogens (tertiary/aromatic N) is 2. The van der Waals surface area contributed by atoms with Crippen LogP contribution in [0.5, 0.6) is 0 Å². The van der Waals surface area contributed by atoms with E-state index in [9.17, 15) is 14.7 Å². The van der Waals surface area contributed by atoms with Crippen molar-refractivity contribution in [2.24, 2.45) is 5.92 Å². The van der Waals surface area contributed by atoms with Crippen molar-refractivity contribution in [2.75, 3.05) is 6.61 Å². The lowest BCUT2D eigenvalue weighted by Crippen LogP contribution is -2.51. The lowest BCUT2D eigenvalue weighted by molar-refractivity contribution is 0.0822. The van der Waals surface area contributed by atoms with E-state index in [0.29, 0.717) is 4.96 Å². The van der Waals surface area contributed by atoms with Crippen molar-refractivity contribution in [3.05, 3.63) is 33.2 Å². The number of aromatic nitrogens is 2. The Hall–Kier alpha value is -1.73. The zero-order chi connectivity index (χ0) is 15.2. The quantitative estimate of drug-likeness (QED) is 0.881. The van der Waals surface area contributed by atoms with Gasteiger partial charge in [0.05, 0.1) is 12.1 Å². The second-order valence-corrected chi connectivity index (χ2v) is 6.61. The van der Waals surface area contributed by atoms with Crippen LogP contribution in [0.1, 0.15) is 35.8 Å². The molecular weight excluding hydrogens is 290 g/mol. The van der Waals surface area contributed by atoms with Crippen molar-refractivity contribution in [3.63, 3.8) is 0 Å². The molecule has 0 aliphatic heterocycles. The summed E-state index contributed by atoms with van der Waals surface area (Å²) in [6, 6.07) is 0. The minimum atomic E-state index is -0.674. The molecular formula is C14H17N3O3S. The third-order valence-corrected chi connectivity index (χ3v) is 5.02. The number of nitrogens with one attached hydrogen (secondary N) is 1. The van der Waals surface area contributed by atoms with Crippen molar-refractivity contribution in [1.82, 2.24) is 14.7 Å². The highest BCUT2D eigenvalue weighted by Gasteiger charge is 2.42. The number of hydrogen-bond donors (Lipinski definition) is 2. The van der Waals surface area contributed by atoms with Crippen molar-refractivity contribution < 1.29 is 9.90 Å². The summed E-state index contributed by atoms with van der Waals surface area (Å²) in [6.45, 7) is 3.47. The molecule has 7 heteroatoms. The van der Waals surface area contributed by atoms with Gasteiger partial charge in [-0.15, -0.1) is 11.3 Å². The van der Waals surface area contributed by atoms with Crippen LogP contribution in [0.25, 0.3) is 4.96 Å². The fraction of sp³-hybridized carbons (Fsp3) is 0.500. The average molecular weight is 307 g/mol. The number of carbonyl (C=O) groups excluding carboxylic acids is 1. The van der Waals surface area contributed by atoms with Crippen molar-refractivity contribution in [1.29, 1.82) is 0 Å². The summed E-state index contributed by atoms with van der Waals surface area (Å²) in [6.07, 6.45) is 3.28. The van der Waals surface area contributed by atoms with Crippen LogP contribution in [0.3, 0.4) is 0 Å². The number of rotatable bonds is 4. The summed E-state index contributed by atoms with van der Waals surface area (Å²) in [7, 11) is 0. The first kappa shape index (κ1) is 14.2. The van der Waals surface area contributed by atoms with Crippen LogP contribution in [-0.4, -0.2) is 32.5 Å². The molecule has 2 N–H and O–H groups in total. The molecule has 1 aliphatic carbocycles. The SMILES string of the molecule is Cc1csc2ncc(C(=O)NC(C)(CO)C3CC3)c(=O)n12. The lowest BCUT2D eigenvalue weighted by atomic mass is 9.96. The molecule has 1 atom stereocenters. The van der Waals surface area contributed by atoms with Crippen LogP contribution in [0, 0.1) is 12.8 Å². The molecule has 0 radical (unpaired) electrons. The van der Waals surface area contributed by atoms with Crippen LogP contribution >= 0.6 is 11.3 Å². The maximum Gasteiger partial charge on any atom is 0.271 e. The van der Waals surface area contributed by atoms with Gasteiger partial charge in [-0.3, -0.25) is 14.0 Å². The van der Waals surface area contributed by atoms with E-state index < -0.39 is 11.4 Å². The van der Waals surface area contributed by atoms with Gasteiger partial charge in [-0.1, -0.05) is 0 Å². The monoisotopic (exact) mass is 307 g/mol. The molecule has 0 aromatic carbocycles. The molecule has 0 saturated heterocycles. The Morgan fingerprint density at radius 1 is 1.62 bits per heavy atom. The highest BCUT2D eigenvalue weighted by molar-refractivity contribution is 7.15. The van der Waals surface area contributed by atoms with E-state index in [1.165, 1.54) is 21.9 Å². The van der Waals surface area contributed by atoms with Gasteiger partial charge in [0.1, 0.15) is 5.56 Å². The van der Waals surface area contributed by atoms with Crippen LogP contribution in [0.15, 0.2) is 16.4 Å². The number of hydrogen-bond acceptors (Lipinski definition) is 5. The summed E-state index contributed by atoms with van der Waals surface area (Å²) in [4.78, 5) is 29.5. The molecule has 1 saturated carbocycles. The number of carbonyl (C=O) groups is 1. The lowest BCUT2D eigenvalue weighted by Gasteiger charge is -2.28. The second kappa shape index (κ2) is 4.92. The first-order chi connectivity index (χ1) is 9.96. The molecule has 2 heterocycles. The highest BCUT2D eigenvalue weighted by Crippen LogP contribution is 2.39. The van der Waals surface area contributed by atoms with E-state index in [4.69, 9.17) is 0 Å². The summed E-state index contributed by atoms with van der Waals surface area (Å²) >= 11 is 1.36. The zero-order valence-corrected chi connectivity index (χ0v) is 12.7. The van der Waals surface area contributed by atoms with Crippen LogP contribution in [-0.2, 0) is 0 Å². The number of aliphatic hydroxyl groups is 1. The molecule has 3 rings (SSSR count). The first-order valence-corrected chi connectivity index (χ1v) is 7.73. The predicted molar refractivity (Wildman–Crippen MR) is 79.8 cm³/mol. The predicted octanol–water partition coefficient (Wildman–Crippen LogP) is 0.955. The Morgan fingerprint density at radius 3 is 2.95 bits per heavy atom. The molecule has 1 fully saturated rings. The third kappa shape index (κ3) is 2.36. The van der Waals surface area contributed by atoms with Crippen LogP contribution in [0.4, 0.5) is 0 Å². The van der Waals surface area contributed by atoms with E-state index in [1.54, 1.807) is 6.92 Å². The Bertz CT molecular complexity index is 762. The van der Waals surface area contributed by atoms with Gasteiger partial charge in [-0.05, 0) is 32.6 Å². The van der Waals surface area contributed by atoms with Gasteiger partial charge in [0.2, 0.25) is 0 Å². The van der Waals surface area contributed by atoms with Gasteiger partial charge in [-0.2, -0.15) is 0 Å². The molecule has 2 aromatic rings. The Kier molecular flexibility index (Phi) is 3.33. The Morgan fingerprint density at radius 2 is 2.33 bits per heavy atom. The van der Waals surface area contributed by atoms with Gasteiger partial charge in [0.15, 0.2) is 4.96 Å². The number of thiazole rings is 1. The number of aliphatic hydroxyl groups excluding tert-OH is 1. The van der Waals surface area contributed by atoms with E-state index in [-0.39, 0.29) is 23.6 Å². The molecule has 112 valence electrons. The first-order valence-electron chi connectivity index (χ1n) is 6.85. The molecule has 1 aliphatic rings. The summed E-state index contributed by atoms with van der Waals surface area (Å²) in [5.41, 5.74) is -0.275. The maximum absolute atomic E-state index is 12.4. The standard InChI is InChI=1S/C14H17N3O3S/c1-8-6-21-13-15-5-10(12(20)17(8)13)11(19)16-14(2,7-18)9-3-4-9/h5-6,9,18H,3-4,7H2,1-2H3,(H,16,19). The fourth-order valence-electron chi connectivity index (χ4n) is 2.50. The molecule has 1 amide bonds. The minimum Gasteiger partial charge on any atom is -0.394 e. The van der Waals surface area contributed by atoms with Crippen LogP contribution in [0.2, 0.25) is 0 Å². The summed E-state index contributed by atoms with van der Waals surface area (Å²) in [5, 5.41) is 14.2. The van der Waals surface area contributed by atoms with E-state index in [2.05, 4.69) is 10.3 Å². The number of aryl methyl sites for hydroxylation is 1. The zero-order valence-electron chi connectivity index (χ0n) is 11.9. The summed E-state index contributed by atoms with van der Waals surface area (Å²) in [5.74, 6) is -0.204. The summed E-state index contributed by atoms with van der Waals surface area (Å²) < 4.78 is 1.44. The van der Waals surface area contributed by atoms with Gasteiger partial charge < -0.3 is 10.4 Å². The Balaban J connectivity index is 1.96. The minimum absolute atomic E-state index is 0.00863. The van der Waals surface area contributed by atoms with E-state index in [1.807, 2.05) is 12.3 Å². The fourth-order valence-corrected chi connectivity index (χ4v) is 3.33. The Labute approximate surface area is 125 Å². The highest BCUT2D eigenvalue weighted by atomic mass is 32.1. The smallest absolute Gasteiger partial charge is 0.271 e. The normalized spacial score (nSPS) is 17.7. The van der Waals surface area contributed by atoms with Gasteiger partial charge in [-0.25, -0.2) is 4.98 Å². The van der Waals surface area contributed by atoms with Crippen molar-refractivity contribution in [3.8, 4) is 0 Å². The molecule has 21 heavy (non-hydrogen) atoms. The average Bonchev–Trinajstić information content (AvgIpc) is 3.24. The van der Waals surface area contributed by atoms with E-state index >= 15 is 0 Å². The number of fused-ring (bicyclic) bond motifs is 1. The second-order valence-electron chi connectivity index (χ2n) is 5.78.